The van der Waals surface area contributed by atoms with Crippen molar-refractivity contribution in [3.63, 3.8) is 0 Å². The highest BCUT2D eigenvalue weighted by molar-refractivity contribution is 5.76. The molecule has 0 saturated carbocycles. The van der Waals surface area contributed by atoms with Crippen molar-refractivity contribution >= 4 is 5.97 Å². The molecule has 2 N–H and O–H groups in total. The van der Waals surface area contributed by atoms with Crippen LogP contribution >= 0.6 is 0 Å². The average Bonchev–Trinajstić information content (AvgIpc) is 2.60. The molecule has 18 heavy (non-hydrogen) atoms. The minimum atomic E-state index is -0.955. The molecule has 0 aromatic carbocycles. The lowest BCUT2D eigenvalue weighted by molar-refractivity contribution is -0.139. The van der Waals surface area contributed by atoms with Crippen LogP contribution in [0.2, 0.25) is 0 Å². The lowest BCUT2D eigenvalue weighted by atomic mass is 9.87. The molecule has 0 aliphatic heterocycles. The van der Waals surface area contributed by atoms with Gasteiger partial charge in [-0.15, -0.1) is 6.42 Å². The molecule has 0 aliphatic rings. The summed E-state index contributed by atoms with van der Waals surface area (Å²) < 4.78 is 1.63. The molecule has 0 fully saturated rings. The van der Waals surface area contributed by atoms with Gasteiger partial charge in [0.2, 0.25) is 0 Å². The molecule has 0 saturated heterocycles. The van der Waals surface area contributed by atoms with E-state index in [0.717, 1.165) is 5.69 Å². The first kappa shape index (κ1) is 14.3. The van der Waals surface area contributed by atoms with E-state index in [-0.39, 0.29) is 12.0 Å². The summed E-state index contributed by atoms with van der Waals surface area (Å²) in [6, 6.07) is -0.830. The molecule has 0 aliphatic carbocycles. The standard InChI is InChI=1S/C13H19N3O2/c1-6-7-14-10(12(17)18)9-8-16(5)15-11(9)13(2,3)4/h1,8,10,14H,7H2,2-5H3,(H,17,18). The van der Waals surface area contributed by atoms with E-state index in [2.05, 4.69) is 16.3 Å². The van der Waals surface area contributed by atoms with Crippen LogP contribution in [0, 0.1) is 12.3 Å². The number of hydrogen-bond acceptors (Lipinski definition) is 3. The van der Waals surface area contributed by atoms with Crippen molar-refractivity contribution in [2.24, 2.45) is 7.05 Å². The highest BCUT2D eigenvalue weighted by Gasteiger charge is 2.29. The van der Waals surface area contributed by atoms with E-state index in [4.69, 9.17) is 6.42 Å². The first-order valence-corrected chi connectivity index (χ1v) is 5.71. The smallest absolute Gasteiger partial charge is 0.325 e. The Kier molecular flexibility index (Phi) is 4.15. The Bertz CT molecular complexity index is 477. The van der Waals surface area contributed by atoms with Crippen molar-refractivity contribution in [1.82, 2.24) is 15.1 Å². The van der Waals surface area contributed by atoms with Crippen LogP contribution in [0.1, 0.15) is 38.1 Å². The summed E-state index contributed by atoms with van der Waals surface area (Å²) >= 11 is 0. The fourth-order valence-corrected chi connectivity index (χ4v) is 1.79. The van der Waals surface area contributed by atoms with Crippen molar-refractivity contribution < 1.29 is 9.90 Å². The van der Waals surface area contributed by atoms with Crippen LogP contribution in [-0.4, -0.2) is 27.4 Å². The number of carboxylic acids is 1. The number of terminal acetylenes is 1. The van der Waals surface area contributed by atoms with Crippen molar-refractivity contribution in [2.45, 2.75) is 32.2 Å². The van der Waals surface area contributed by atoms with Crippen LogP contribution in [0.4, 0.5) is 0 Å². The Balaban J connectivity index is 3.20. The van der Waals surface area contributed by atoms with Crippen LogP contribution in [0.15, 0.2) is 6.20 Å². The van der Waals surface area contributed by atoms with Crippen molar-refractivity contribution in [3.05, 3.63) is 17.5 Å². The molecule has 5 heteroatoms. The molecular weight excluding hydrogens is 230 g/mol. The van der Waals surface area contributed by atoms with Crippen molar-refractivity contribution in [2.75, 3.05) is 6.54 Å². The number of carboxylic acid groups (broad SMARTS) is 1. The number of aliphatic carboxylic acids is 1. The number of nitrogens with zero attached hydrogens (tertiary/aromatic N) is 2. The van der Waals surface area contributed by atoms with Gasteiger partial charge >= 0.3 is 5.97 Å². The van der Waals surface area contributed by atoms with E-state index in [0.29, 0.717) is 5.56 Å². The second-order valence-corrected chi connectivity index (χ2v) is 5.21. The molecule has 0 bridgehead atoms. The van der Waals surface area contributed by atoms with Gasteiger partial charge in [0.1, 0.15) is 6.04 Å². The Morgan fingerprint density at radius 3 is 2.72 bits per heavy atom. The number of hydrogen-bond donors (Lipinski definition) is 2. The monoisotopic (exact) mass is 249 g/mol. The third-order valence-electron chi connectivity index (χ3n) is 2.53. The van der Waals surface area contributed by atoms with Crippen LogP contribution in [-0.2, 0) is 17.3 Å². The van der Waals surface area contributed by atoms with Gasteiger partial charge in [0.05, 0.1) is 12.2 Å². The summed E-state index contributed by atoms with van der Waals surface area (Å²) in [7, 11) is 1.78. The number of aromatic nitrogens is 2. The summed E-state index contributed by atoms with van der Waals surface area (Å²) in [6.07, 6.45) is 6.88. The highest BCUT2D eigenvalue weighted by atomic mass is 16.4. The second-order valence-electron chi connectivity index (χ2n) is 5.21. The van der Waals surface area contributed by atoms with Crippen LogP contribution in [0.5, 0.6) is 0 Å². The summed E-state index contributed by atoms with van der Waals surface area (Å²) in [5, 5.41) is 16.5. The molecule has 1 aromatic rings. The second kappa shape index (κ2) is 5.23. The molecule has 0 spiro atoms. The largest absolute Gasteiger partial charge is 0.480 e. The first-order chi connectivity index (χ1) is 8.27. The third kappa shape index (κ3) is 3.11. The lowest BCUT2D eigenvalue weighted by Crippen LogP contribution is -2.30. The van der Waals surface area contributed by atoms with Gasteiger partial charge in [0.25, 0.3) is 0 Å². The minimum absolute atomic E-state index is 0.204. The van der Waals surface area contributed by atoms with Gasteiger partial charge in [-0.3, -0.25) is 14.8 Å². The predicted molar refractivity (Wildman–Crippen MR) is 69.1 cm³/mol. The van der Waals surface area contributed by atoms with E-state index < -0.39 is 12.0 Å². The Morgan fingerprint density at radius 1 is 1.67 bits per heavy atom. The maximum absolute atomic E-state index is 11.3. The number of rotatable bonds is 4. The van der Waals surface area contributed by atoms with Gasteiger partial charge in [-0.05, 0) is 0 Å². The maximum atomic E-state index is 11.3. The summed E-state index contributed by atoms with van der Waals surface area (Å²) in [5.41, 5.74) is 1.21. The number of carbonyl (C=O) groups is 1. The molecule has 1 atom stereocenters. The number of aryl methyl sites for hydroxylation is 1. The van der Waals surface area contributed by atoms with E-state index in [9.17, 15) is 9.90 Å². The van der Waals surface area contributed by atoms with Gasteiger partial charge in [0, 0.05) is 24.2 Å². The molecule has 1 heterocycles. The Labute approximate surface area is 107 Å². The average molecular weight is 249 g/mol. The molecule has 98 valence electrons. The van der Waals surface area contributed by atoms with Crippen LogP contribution < -0.4 is 5.32 Å². The zero-order valence-electron chi connectivity index (χ0n) is 11.2. The Hall–Kier alpha value is -1.80. The molecule has 0 radical (unpaired) electrons. The summed E-state index contributed by atoms with van der Waals surface area (Å²) in [6.45, 7) is 6.20. The van der Waals surface area contributed by atoms with Gasteiger partial charge in [-0.25, -0.2) is 0 Å². The van der Waals surface area contributed by atoms with E-state index in [1.165, 1.54) is 0 Å². The molecule has 5 nitrogen and oxygen atoms in total. The number of nitrogens with one attached hydrogen (secondary N) is 1. The Morgan fingerprint density at radius 2 is 2.28 bits per heavy atom. The fourth-order valence-electron chi connectivity index (χ4n) is 1.79. The van der Waals surface area contributed by atoms with E-state index in [1.54, 1.807) is 17.9 Å². The quantitative estimate of drug-likeness (QED) is 0.783. The fraction of sp³-hybridized carbons (Fsp3) is 0.538. The van der Waals surface area contributed by atoms with Crippen LogP contribution in [0.25, 0.3) is 0 Å². The highest BCUT2D eigenvalue weighted by Crippen LogP contribution is 2.28. The van der Waals surface area contributed by atoms with Gasteiger partial charge in [0.15, 0.2) is 0 Å². The topological polar surface area (TPSA) is 67.2 Å². The van der Waals surface area contributed by atoms with Crippen LogP contribution in [0.3, 0.4) is 0 Å². The van der Waals surface area contributed by atoms with Gasteiger partial charge < -0.3 is 5.11 Å². The zero-order valence-corrected chi connectivity index (χ0v) is 11.2. The maximum Gasteiger partial charge on any atom is 0.325 e. The lowest BCUT2D eigenvalue weighted by Gasteiger charge is -2.20. The van der Waals surface area contributed by atoms with E-state index in [1.807, 2.05) is 20.8 Å². The van der Waals surface area contributed by atoms with Gasteiger partial charge in [-0.1, -0.05) is 26.7 Å². The normalized spacial score (nSPS) is 13.1. The predicted octanol–water partition coefficient (Wildman–Crippen LogP) is 1.07. The molecule has 0 amide bonds. The summed E-state index contributed by atoms with van der Waals surface area (Å²) in [5.74, 6) is 1.43. The molecule has 1 rings (SSSR count). The minimum Gasteiger partial charge on any atom is -0.480 e. The first-order valence-electron chi connectivity index (χ1n) is 5.71. The van der Waals surface area contributed by atoms with Crippen molar-refractivity contribution in [1.29, 1.82) is 0 Å². The molecule has 1 aromatic heterocycles. The SMILES string of the molecule is C#CCNC(C(=O)O)c1cn(C)nc1C(C)(C)C. The van der Waals surface area contributed by atoms with E-state index >= 15 is 0 Å². The van der Waals surface area contributed by atoms with Crippen molar-refractivity contribution in [3.8, 4) is 12.3 Å². The molecular formula is C13H19N3O2. The third-order valence-corrected chi connectivity index (χ3v) is 2.53. The zero-order chi connectivity index (χ0) is 13.9. The molecule has 1 unspecified atom stereocenters. The summed E-state index contributed by atoms with van der Waals surface area (Å²) in [4.78, 5) is 11.3. The van der Waals surface area contributed by atoms with Gasteiger partial charge in [-0.2, -0.15) is 5.10 Å².